The van der Waals surface area contributed by atoms with E-state index in [9.17, 15) is 4.79 Å². The monoisotopic (exact) mass is 355 g/mol. The lowest BCUT2D eigenvalue weighted by atomic mass is 10.1. The summed E-state index contributed by atoms with van der Waals surface area (Å²) in [5, 5.41) is 5.19. The molecule has 3 aromatic rings. The molecule has 3 rings (SSSR count). The molecule has 4 nitrogen and oxygen atoms in total. The minimum Gasteiger partial charge on any atom is -0.288 e. The third-order valence-corrected chi connectivity index (χ3v) is 4.01. The molecule has 0 aliphatic carbocycles. The lowest BCUT2D eigenvalue weighted by Crippen LogP contribution is -2.07. The van der Waals surface area contributed by atoms with Crippen LogP contribution in [0.3, 0.4) is 0 Å². The number of fused-ring (bicyclic) bond motifs is 1. The highest BCUT2D eigenvalue weighted by atomic mass is 79.9. The molecular weight excluding hydrogens is 342 g/mol. The lowest BCUT2D eigenvalue weighted by molar-refractivity contribution is 0.103. The number of pyridine rings is 1. The Bertz CT molecular complexity index is 862. The highest BCUT2D eigenvalue weighted by Gasteiger charge is 2.13. The largest absolute Gasteiger partial charge is 0.288 e. The molecular formula is C17H14BrN3O. The first-order valence-electron chi connectivity index (χ1n) is 6.98. The Kier molecular flexibility index (Phi) is 4.15. The molecule has 0 unspecified atom stereocenters. The number of allylic oxidation sites excluding steroid dienone is 1. The van der Waals surface area contributed by atoms with E-state index in [4.69, 9.17) is 0 Å². The first-order chi connectivity index (χ1) is 10.7. The second kappa shape index (κ2) is 6.23. The van der Waals surface area contributed by atoms with Crippen LogP contribution in [0.15, 0.2) is 53.3 Å². The molecule has 0 radical (unpaired) electrons. The summed E-state index contributed by atoms with van der Waals surface area (Å²) in [6.07, 6.45) is 6.80. The number of nitrogens with zero attached hydrogens (tertiary/aromatic N) is 3. The molecule has 22 heavy (non-hydrogen) atoms. The molecule has 0 amide bonds. The van der Waals surface area contributed by atoms with Crippen molar-refractivity contribution >= 4 is 38.7 Å². The Balaban J connectivity index is 1.96. The topological polar surface area (TPSA) is 47.8 Å². The van der Waals surface area contributed by atoms with Crippen LogP contribution in [0.25, 0.3) is 17.0 Å². The molecule has 0 bridgehead atoms. The smallest absolute Gasteiger partial charge is 0.205 e. The number of rotatable bonds is 4. The van der Waals surface area contributed by atoms with Crippen LogP contribution in [-0.2, 0) is 6.54 Å². The molecule has 0 spiro atoms. The summed E-state index contributed by atoms with van der Waals surface area (Å²) in [5.41, 5.74) is 2.45. The van der Waals surface area contributed by atoms with Crippen molar-refractivity contribution < 1.29 is 4.79 Å². The van der Waals surface area contributed by atoms with Gasteiger partial charge in [-0.2, -0.15) is 5.10 Å². The van der Waals surface area contributed by atoms with Crippen molar-refractivity contribution in [3.05, 3.63) is 64.5 Å². The van der Waals surface area contributed by atoms with E-state index >= 15 is 0 Å². The third kappa shape index (κ3) is 2.72. The average Bonchev–Trinajstić information content (AvgIpc) is 2.93. The first kappa shape index (κ1) is 14.7. The zero-order valence-corrected chi connectivity index (χ0v) is 13.6. The number of carbonyl (C=O) groups is 1. The maximum Gasteiger partial charge on any atom is 0.205 e. The van der Waals surface area contributed by atoms with Gasteiger partial charge in [0.25, 0.3) is 0 Å². The number of para-hydroxylation sites is 1. The molecule has 110 valence electrons. The van der Waals surface area contributed by atoms with Crippen molar-refractivity contribution in [3.63, 3.8) is 0 Å². The molecule has 2 heterocycles. The van der Waals surface area contributed by atoms with Gasteiger partial charge in [-0.1, -0.05) is 24.3 Å². The zero-order chi connectivity index (χ0) is 15.5. The molecule has 0 saturated heterocycles. The second-order valence-corrected chi connectivity index (χ2v) is 5.63. The van der Waals surface area contributed by atoms with Crippen LogP contribution in [0, 0.1) is 0 Å². The maximum absolute atomic E-state index is 12.4. The fourth-order valence-corrected chi connectivity index (χ4v) is 2.85. The summed E-state index contributed by atoms with van der Waals surface area (Å²) >= 11 is 3.38. The van der Waals surface area contributed by atoms with E-state index in [1.54, 1.807) is 23.2 Å². The van der Waals surface area contributed by atoms with Gasteiger partial charge in [-0.15, -0.1) is 0 Å². The van der Waals surface area contributed by atoms with E-state index in [2.05, 4.69) is 26.0 Å². The van der Waals surface area contributed by atoms with E-state index in [-0.39, 0.29) is 5.78 Å². The van der Waals surface area contributed by atoms with Crippen molar-refractivity contribution in [1.82, 2.24) is 14.8 Å². The number of aromatic nitrogens is 3. The van der Waals surface area contributed by atoms with Crippen molar-refractivity contribution in [2.45, 2.75) is 13.5 Å². The van der Waals surface area contributed by atoms with Gasteiger partial charge in [0.1, 0.15) is 5.69 Å². The summed E-state index contributed by atoms with van der Waals surface area (Å²) in [7, 11) is 0. The van der Waals surface area contributed by atoms with E-state index in [0.717, 1.165) is 16.5 Å². The summed E-state index contributed by atoms with van der Waals surface area (Å²) < 4.78 is 2.39. The van der Waals surface area contributed by atoms with E-state index in [1.165, 1.54) is 0 Å². The minimum atomic E-state index is -0.0767. The van der Waals surface area contributed by atoms with Gasteiger partial charge in [0.05, 0.1) is 16.2 Å². The van der Waals surface area contributed by atoms with Gasteiger partial charge in [0.2, 0.25) is 5.78 Å². The molecule has 0 atom stereocenters. The zero-order valence-electron chi connectivity index (χ0n) is 12.0. The number of hydrogen-bond donors (Lipinski definition) is 0. The van der Waals surface area contributed by atoms with Gasteiger partial charge in [0, 0.05) is 18.1 Å². The Morgan fingerprint density at radius 3 is 2.95 bits per heavy atom. The fourth-order valence-electron chi connectivity index (χ4n) is 2.35. The molecule has 0 aliphatic rings. The van der Waals surface area contributed by atoms with Gasteiger partial charge >= 0.3 is 0 Å². The number of carbonyl (C=O) groups excluding carboxylic acids is 1. The standard InChI is InChI=1S/C17H14BrN3O/c1-2-21-17(14(18)11-20-21)16(22)8-7-12-9-10-19-15-6-4-3-5-13(12)15/h3-11H,2H2,1H3/b8-7+. The molecule has 0 N–H and O–H groups in total. The number of halogens is 1. The number of ketones is 1. The predicted molar refractivity (Wildman–Crippen MR) is 90.7 cm³/mol. The van der Waals surface area contributed by atoms with Crippen LogP contribution in [0.2, 0.25) is 0 Å². The molecule has 0 aliphatic heterocycles. The van der Waals surface area contributed by atoms with E-state index < -0.39 is 0 Å². The third-order valence-electron chi connectivity index (χ3n) is 3.42. The quantitative estimate of drug-likeness (QED) is 0.522. The summed E-state index contributed by atoms with van der Waals surface area (Å²) in [5.74, 6) is -0.0767. The summed E-state index contributed by atoms with van der Waals surface area (Å²) in [6, 6.07) is 9.77. The predicted octanol–water partition coefficient (Wildman–Crippen LogP) is 4.11. The van der Waals surface area contributed by atoms with Crippen molar-refractivity contribution in [1.29, 1.82) is 0 Å². The van der Waals surface area contributed by atoms with Gasteiger partial charge in [-0.25, -0.2) is 0 Å². The van der Waals surface area contributed by atoms with Gasteiger partial charge in [-0.05, 0) is 46.6 Å². The number of hydrogen-bond acceptors (Lipinski definition) is 3. The first-order valence-corrected chi connectivity index (χ1v) is 7.77. The van der Waals surface area contributed by atoms with Gasteiger partial charge in [0.15, 0.2) is 0 Å². The van der Waals surface area contributed by atoms with Crippen LogP contribution in [-0.4, -0.2) is 20.5 Å². The van der Waals surface area contributed by atoms with Gasteiger partial charge < -0.3 is 0 Å². The van der Waals surface area contributed by atoms with Crippen molar-refractivity contribution in [3.8, 4) is 0 Å². The number of benzene rings is 1. The maximum atomic E-state index is 12.4. The molecule has 1 aromatic carbocycles. The molecule has 2 aromatic heterocycles. The Hall–Kier alpha value is -2.27. The minimum absolute atomic E-state index is 0.0767. The van der Waals surface area contributed by atoms with Crippen molar-refractivity contribution in [2.75, 3.05) is 0 Å². The van der Waals surface area contributed by atoms with Crippen LogP contribution < -0.4 is 0 Å². The summed E-state index contributed by atoms with van der Waals surface area (Å²) in [6.45, 7) is 2.61. The van der Waals surface area contributed by atoms with Crippen LogP contribution in [0.1, 0.15) is 23.0 Å². The molecule has 0 fully saturated rings. The second-order valence-electron chi connectivity index (χ2n) is 4.77. The Labute approximate surface area is 136 Å². The SMILES string of the molecule is CCn1ncc(Br)c1C(=O)/C=C/c1ccnc2ccccc12. The van der Waals surface area contributed by atoms with Crippen LogP contribution in [0.5, 0.6) is 0 Å². The van der Waals surface area contributed by atoms with Crippen LogP contribution >= 0.6 is 15.9 Å². The molecule has 5 heteroatoms. The highest BCUT2D eigenvalue weighted by Crippen LogP contribution is 2.20. The van der Waals surface area contributed by atoms with E-state index in [0.29, 0.717) is 16.7 Å². The van der Waals surface area contributed by atoms with Gasteiger partial charge in [-0.3, -0.25) is 14.5 Å². The van der Waals surface area contributed by atoms with E-state index in [1.807, 2.05) is 43.3 Å². The Morgan fingerprint density at radius 2 is 2.14 bits per heavy atom. The fraction of sp³-hybridized carbons (Fsp3) is 0.118. The summed E-state index contributed by atoms with van der Waals surface area (Å²) in [4.78, 5) is 16.7. The Morgan fingerprint density at radius 1 is 1.32 bits per heavy atom. The highest BCUT2D eigenvalue weighted by molar-refractivity contribution is 9.10. The number of aryl methyl sites for hydroxylation is 1. The normalized spacial score (nSPS) is 11.4. The lowest BCUT2D eigenvalue weighted by Gasteiger charge is -2.02. The van der Waals surface area contributed by atoms with Crippen LogP contribution in [0.4, 0.5) is 0 Å². The van der Waals surface area contributed by atoms with Crippen molar-refractivity contribution in [2.24, 2.45) is 0 Å². The molecule has 0 saturated carbocycles. The average molecular weight is 356 g/mol.